The van der Waals surface area contributed by atoms with Gasteiger partial charge in [0.25, 0.3) is 5.69 Å². The highest BCUT2D eigenvalue weighted by atomic mass is 35.5. The van der Waals surface area contributed by atoms with Gasteiger partial charge in [-0.05, 0) is 23.3 Å². The van der Waals surface area contributed by atoms with Crippen molar-refractivity contribution in [2.75, 3.05) is 0 Å². The fraction of sp³-hybridized carbons (Fsp3) is 0.143. The smallest absolute Gasteiger partial charge is 0.269 e. The number of hydrogen-bond acceptors (Lipinski definition) is 4. The van der Waals surface area contributed by atoms with Gasteiger partial charge in [0.05, 0.1) is 4.92 Å². The second-order valence-corrected chi connectivity index (χ2v) is 4.89. The zero-order valence-electron chi connectivity index (χ0n) is 10.6. The SMILES string of the molecule is NC(c1ccc(Cl)cc1)C(N)c1ccc([N+](=O)[O-])cc1. The van der Waals surface area contributed by atoms with E-state index in [9.17, 15) is 10.1 Å². The molecule has 0 bridgehead atoms. The number of nitrogens with zero attached hydrogens (tertiary/aromatic N) is 1. The number of benzene rings is 2. The van der Waals surface area contributed by atoms with Crippen molar-refractivity contribution in [2.24, 2.45) is 11.5 Å². The first-order valence-corrected chi connectivity index (χ1v) is 6.38. The van der Waals surface area contributed by atoms with E-state index in [0.717, 1.165) is 11.1 Å². The van der Waals surface area contributed by atoms with Crippen LogP contribution in [0.4, 0.5) is 5.69 Å². The average Bonchev–Trinajstić information content (AvgIpc) is 2.46. The van der Waals surface area contributed by atoms with Gasteiger partial charge in [0.2, 0.25) is 0 Å². The molecule has 0 aliphatic heterocycles. The molecule has 2 unspecified atom stereocenters. The number of nitrogens with two attached hydrogens (primary N) is 2. The Balaban J connectivity index is 2.19. The van der Waals surface area contributed by atoms with Crippen molar-refractivity contribution in [1.82, 2.24) is 0 Å². The van der Waals surface area contributed by atoms with Crippen molar-refractivity contribution in [3.63, 3.8) is 0 Å². The maximum absolute atomic E-state index is 10.6. The van der Waals surface area contributed by atoms with Crippen LogP contribution in [0.5, 0.6) is 0 Å². The van der Waals surface area contributed by atoms with Gasteiger partial charge >= 0.3 is 0 Å². The third kappa shape index (κ3) is 3.14. The van der Waals surface area contributed by atoms with Crippen LogP contribution in [0.1, 0.15) is 23.2 Å². The molecule has 2 aromatic carbocycles. The summed E-state index contributed by atoms with van der Waals surface area (Å²) in [6, 6.07) is 12.4. The van der Waals surface area contributed by atoms with E-state index in [1.54, 1.807) is 24.3 Å². The van der Waals surface area contributed by atoms with E-state index in [2.05, 4.69) is 0 Å². The van der Waals surface area contributed by atoms with Crippen molar-refractivity contribution >= 4 is 17.3 Å². The summed E-state index contributed by atoms with van der Waals surface area (Å²) in [4.78, 5) is 10.2. The molecule has 5 nitrogen and oxygen atoms in total. The molecule has 104 valence electrons. The van der Waals surface area contributed by atoms with Gasteiger partial charge in [-0.15, -0.1) is 0 Å². The second-order valence-electron chi connectivity index (χ2n) is 4.45. The lowest BCUT2D eigenvalue weighted by Gasteiger charge is -2.20. The lowest BCUT2D eigenvalue weighted by Crippen LogP contribution is -2.26. The summed E-state index contributed by atoms with van der Waals surface area (Å²) in [6.07, 6.45) is 0. The number of non-ortho nitro benzene ring substituents is 1. The number of halogens is 1. The topological polar surface area (TPSA) is 95.2 Å². The summed E-state index contributed by atoms with van der Waals surface area (Å²) in [6.45, 7) is 0. The molecule has 0 heterocycles. The van der Waals surface area contributed by atoms with Gasteiger partial charge in [0.1, 0.15) is 0 Å². The maximum Gasteiger partial charge on any atom is 0.269 e. The quantitative estimate of drug-likeness (QED) is 0.668. The van der Waals surface area contributed by atoms with Crippen molar-refractivity contribution < 1.29 is 4.92 Å². The van der Waals surface area contributed by atoms with Crippen molar-refractivity contribution in [2.45, 2.75) is 12.1 Å². The molecule has 20 heavy (non-hydrogen) atoms. The average molecular weight is 292 g/mol. The molecule has 0 saturated heterocycles. The van der Waals surface area contributed by atoms with Crippen LogP contribution < -0.4 is 11.5 Å². The van der Waals surface area contributed by atoms with Gasteiger partial charge in [-0.25, -0.2) is 0 Å². The van der Waals surface area contributed by atoms with Crippen molar-refractivity contribution in [3.8, 4) is 0 Å². The molecule has 6 heteroatoms. The van der Waals surface area contributed by atoms with Crippen LogP contribution in [0.3, 0.4) is 0 Å². The minimum Gasteiger partial charge on any atom is -0.322 e. The lowest BCUT2D eigenvalue weighted by molar-refractivity contribution is -0.384. The summed E-state index contributed by atoms with van der Waals surface area (Å²) >= 11 is 5.82. The largest absolute Gasteiger partial charge is 0.322 e. The predicted octanol–water partition coefficient (Wildman–Crippen LogP) is 2.95. The molecule has 2 atom stereocenters. The van der Waals surface area contributed by atoms with Crippen LogP contribution >= 0.6 is 11.6 Å². The monoisotopic (exact) mass is 291 g/mol. The molecule has 0 saturated carbocycles. The van der Waals surface area contributed by atoms with Crippen molar-refractivity contribution in [1.29, 1.82) is 0 Å². The molecule has 0 aromatic heterocycles. The molecule has 0 fully saturated rings. The zero-order valence-corrected chi connectivity index (χ0v) is 11.3. The first kappa shape index (κ1) is 14.5. The molecule has 2 rings (SSSR count). The lowest BCUT2D eigenvalue weighted by atomic mass is 9.95. The Morgan fingerprint density at radius 2 is 1.30 bits per heavy atom. The summed E-state index contributed by atoms with van der Waals surface area (Å²) in [7, 11) is 0. The molecule has 0 amide bonds. The summed E-state index contributed by atoms with van der Waals surface area (Å²) in [5.74, 6) is 0. The highest BCUT2D eigenvalue weighted by Gasteiger charge is 2.18. The number of nitro benzene ring substituents is 1. The molecular formula is C14H14ClN3O2. The molecule has 2 aromatic rings. The minimum atomic E-state index is -0.450. The Morgan fingerprint density at radius 1 is 0.900 bits per heavy atom. The van der Waals surface area contributed by atoms with Crippen LogP contribution in [0.15, 0.2) is 48.5 Å². The van der Waals surface area contributed by atoms with Crippen LogP contribution in [-0.2, 0) is 0 Å². The third-order valence-corrected chi connectivity index (χ3v) is 3.38. The van der Waals surface area contributed by atoms with E-state index in [1.165, 1.54) is 12.1 Å². The third-order valence-electron chi connectivity index (χ3n) is 3.13. The summed E-state index contributed by atoms with van der Waals surface area (Å²) in [5.41, 5.74) is 13.9. The molecule has 0 radical (unpaired) electrons. The second kappa shape index (κ2) is 6.00. The van der Waals surface area contributed by atoms with Crippen LogP contribution in [0.2, 0.25) is 5.02 Å². The normalized spacial score (nSPS) is 13.8. The fourth-order valence-electron chi connectivity index (χ4n) is 1.92. The van der Waals surface area contributed by atoms with E-state index in [4.69, 9.17) is 23.1 Å². The highest BCUT2D eigenvalue weighted by Crippen LogP contribution is 2.26. The van der Waals surface area contributed by atoms with Crippen molar-refractivity contribution in [3.05, 3.63) is 74.8 Å². The van der Waals surface area contributed by atoms with Crippen LogP contribution in [-0.4, -0.2) is 4.92 Å². The number of rotatable bonds is 4. The Labute approximate surface area is 121 Å². The summed E-state index contributed by atoms with van der Waals surface area (Å²) in [5, 5.41) is 11.2. The standard InChI is InChI=1S/C14H14ClN3O2/c15-11-5-1-9(2-6-11)13(16)14(17)10-3-7-12(8-4-10)18(19)20/h1-8,13-14H,16-17H2. The van der Waals surface area contributed by atoms with E-state index < -0.39 is 17.0 Å². The van der Waals surface area contributed by atoms with Crippen LogP contribution in [0, 0.1) is 10.1 Å². The Hall–Kier alpha value is -1.95. The number of nitro groups is 1. The Kier molecular flexibility index (Phi) is 4.34. The highest BCUT2D eigenvalue weighted by molar-refractivity contribution is 6.30. The molecule has 0 aliphatic carbocycles. The Bertz CT molecular complexity index is 599. The fourth-order valence-corrected chi connectivity index (χ4v) is 2.04. The Morgan fingerprint density at radius 3 is 1.70 bits per heavy atom. The van der Waals surface area contributed by atoms with E-state index >= 15 is 0 Å². The molecule has 0 aliphatic rings. The first-order valence-electron chi connectivity index (χ1n) is 6.00. The minimum absolute atomic E-state index is 0.0287. The summed E-state index contributed by atoms with van der Waals surface area (Å²) < 4.78 is 0. The van der Waals surface area contributed by atoms with Crippen LogP contribution in [0.25, 0.3) is 0 Å². The maximum atomic E-state index is 10.6. The van der Waals surface area contributed by atoms with E-state index in [1.807, 2.05) is 12.1 Å². The molecule has 4 N–H and O–H groups in total. The molecule has 0 spiro atoms. The van der Waals surface area contributed by atoms with Gasteiger partial charge in [-0.1, -0.05) is 35.9 Å². The zero-order chi connectivity index (χ0) is 14.7. The van der Waals surface area contributed by atoms with Gasteiger partial charge in [0.15, 0.2) is 0 Å². The predicted molar refractivity (Wildman–Crippen MR) is 78.4 cm³/mol. The van der Waals surface area contributed by atoms with Gasteiger partial charge < -0.3 is 11.5 Å². The number of hydrogen-bond donors (Lipinski definition) is 2. The van der Waals surface area contributed by atoms with E-state index in [0.29, 0.717) is 5.02 Å². The van der Waals surface area contributed by atoms with Gasteiger partial charge in [-0.3, -0.25) is 10.1 Å². The van der Waals surface area contributed by atoms with E-state index in [-0.39, 0.29) is 5.69 Å². The first-order chi connectivity index (χ1) is 9.49. The van der Waals surface area contributed by atoms with Gasteiger partial charge in [0, 0.05) is 29.2 Å². The molecular weight excluding hydrogens is 278 g/mol. The van der Waals surface area contributed by atoms with Gasteiger partial charge in [-0.2, -0.15) is 0 Å².